The van der Waals surface area contributed by atoms with Crippen LogP contribution in [0.4, 0.5) is 5.69 Å². The van der Waals surface area contributed by atoms with Gasteiger partial charge >= 0.3 is 0 Å². The number of likely N-dealkylation sites (N-methyl/N-ethyl adjacent to an activating group) is 1. The van der Waals surface area contributed by atoms with Gasteiger partial charge in [-0.2, -0.15) is 0 Å². The number of piperidine rings is 1. The van der Waals surface area contributed by atoms with Crippen molar-refractivity contribution in [2.24, 2.45) is 9.98 Å². The predicted octanol–water partition coefficient (Wildman–Crippen LogP) is 3.98. The van der Waals surface area contributed by atoms with E-state index < -0.39 is 0 Å². The zero-order valence-corrected chi connectivity index (χ0v) is 22.0. The number of hydrogen-bond acceptors (Lipinski definition) is 6. The van der Waals surface area contributed by atoms with Crippen LogP contribution < -0.4 is 16.0 Å². The molecule has 7 heteroatoms. The SMILES string of the molecule is CN(C)CCN1CCC(Nc2ccc3[nH]c(O)c(C(=C4N=c5ccccc5=N4)c4ccccc4)c3c2)CC1. The Kier molecular flexibility index (Phi) is 6.70. The van der Waals surface area contributed by atoms with Crippen molar-refractivity contribution < 1.29 is 5.11 Å². The highest BCUT2D eigenvalue weighted by Gasteiger charge is 2.23. The lowest BCUT2D eigenvalue weighted by Crippen LogP contribution is -2.41. The van der Waals surface area contributed by atoms with Gasteiger partial charge in [-0.05, 0) is 62.8 Å². The van der Waals surface area contributed by atoms with Gasteiger partial charge in [-0.1, -0.05) is 42.5 Å². The molecule has 0 radical (unpaired) electrons. The Morgan fingerprint density at radius 2 is 1.66 bits per heavy atom. The number of para-hydroxylation sites is 2. The lowest BCUT2D eigenvalue weighted by molar-refractivity contribution is 0.199. The van der Waals surface area contributed by atoms with E-state index in [2.05, 4.69) is 46.3 Å². The first kappa shape index (κ1) is 24.4. The third-order valence-corrected chi connectivity index (χ3v) is 7.47. The van der Waals surface area contributed by atoms with Crippen LogP contribution in [0.5, 0.6) is 5.88 Å². The van der Waals surface area contributed by atoms with E-state index in [4.69, 9.17) is 9.98 Å². The van der Waals surface area contributed by atoms with Crippen molar-refractivity contribution in [3.8, 4) is 5.88 Å². The number of H-pyrrole nitrogens is 1. The molecule has 1 saturated heterocycles. The van der Waals surface area contributed by atoms with Gasteiger partial charge in [0.1, 0.15) is 0 Å². The molecule has 2 aliphatic heterocycles. The molecule has 1 fully saturated rings. The van der Waals surface area contributed by atoms with Crippen LogP contribution in [0.15, 0.2) is 88.6 Å². The highest BCUT2D eigenvalue weighted by atomic mass is 16.3. The summed E-state index contributed by atoms with van der Waals surface area (Å²) in [4.78, 5) is 17.7. The number of aromatic hydroxyl groups is 1. The van der Waals surface area contributed by atoms with Crippen LogP contribution in [0.3, 0.4) is 0 Å². The Morgan fingerprint density at radius 1 is 0.974 bits per heavy atom. The predicted molar refractivity (Wildman–Crippen MR) is 153 cm³/mol. The smallest absolute Gasteiger partial charge is 0.197 e. The molecule has 0 atom stereocenters. The van der Waals surface area contributed by atoms with E-state index in [1.54, 1.807) is 0 Å². The molecule has 6 rings (SSSR count). The van der Waals surface area contributed by atoms with Gasteiger partial charge in [0.2, 0.25) is 0 Å². The number of aromatic nitrogens is 1. The minimum Gasteiger partial charge on any atom is -0.494 e. The number of hydrogen-bond donors (Lipinski definition) is 3. The molecule has 194 valence electrons. The lowest BCUT2D eigenvalue weighted by Gasteiger charge is -2.33. The van der Waals surface area contributed by atoms with Gasteiger partial charge in [0.25, 0.3) is 0 Å². The molecule has 38 heavy (non-hydrogen) atoms. The monoisotopic (exact) mass is 506 g/mol. The second-order valence-corrected chi connectivity index (χ2v) is 10.4. The average Bonchev–Trinajstić information content (AvgIpc) is 3.50. The molecule has 4 aromatic rings. The van der Waals surface area contributed by atoms with Gasteiger partial charge in [-0.15, -0.1) is 0 Å². The first-order valence-corrected chi connectivity index (χ1v) is 13.4. The van der Waals surface area contributed by atoms with Gasteiger partial charge in [0, 0.05) is 54.4 Å². The second kappa shape index (κ2) is 10.4. The van der Waals surface area contributed by atoms with Gasteiger partial charge in [0.05, 0.1) is 16.3 Å². The van der Waals surface area contributed by atoms with Crippen LogP contribution in [-0.4, -0.2) is 66.2 Å². The zero-order chi connectivity index (χ0) is 26.1. The van der Waals surface area contributed by atoms with Crippen molar-refractivity contribution in [1.29, 1.82) is 0 Å². The molecule has 3 aromatic carbocycles. The Morgan fingerprint density at radius 3 is 2.34 bits per heavy atom. The Bertz CT molecular complexity index is 1560. The molecular weight excluding hydrogens is 472 g/mol. The number of fused-ring (bicyclic) bond motifs is 2. The van der Waals surface area contributed by atoms with Crippen LogP contribution >= 0.6 is 0 Å². The summed E-state index contributed by atoms with van der Waals surface area (Å²) in [5.74, 6) is 0.733. The first-order valence-electron chi connectivity index (χ1n) is 13.4. The summed E-state index contributed by atoms with van der Waals surface area (Å²) >= 11 is 0. The van der Waals surface area contributed by atoms with Gasteiger partial charge in [-0.25, -0.2) is 9.98 Å². The van der Waals surface area contributed by atoms with E-state index in [0.717, 1.165) is 83.0 Å². The number of benzene rings is 3. The minimum atomic E-state index is 0.124. The van der Waals surface area contributed by atoms with E-state index >= 15 is 0 Å². The molecule has 7 nitrogen and oxygen atoms in total. The van der Waals surface area contributed by atoms with E-state index in [1.165, 1.54) is 0 Å². The van der Waals surface area contributed by atoms with Crippen molar-refractivity contribution in [3.63, 3.8) is 0 Å². The molecule has 0 aliphatic carbocycles. The van der Waals surface area contributed by atoms with Crippen LogP contribution in [0, 0.1) is 0 Å². The average molecular weight is 507 g/mol. The van der Waals surface area contributed by atoms with Gasteiger partial charge in [-0.3, -0.25) is 0 Å². The summed E-state index contributed by atoms with van der Waals surface area (Å²) in [7, 11) is 4.26. The summed E-state index contributed by atoms with van der Waals surface area (Å²) in [5, 5.41) is 17.6. The Labute approximate surface area is 222 Å². The molecule has 1 aromatic heterocycles. The van der Waals surface area contributed by atoms with E-state index in [9.17, 15) is 5.11 Å². The Hall–Kier alpha value is -3.94. The molecule has 2 aliphatic rings. The van der Waals surface area contributed by atoms with Crippen molar-refractivity contribution in [2.75, 3.05) is 45.6 Å². The van der Waals surface area contributed by atoms with E-state index in [0.29, 0.717) is 11.9 Å². The molecule has 3 N–H and O–H groups in total. The number of rotatable bonds is 7. The standard InChI is InChI=1S/C31H34N6O/c1-36(2)18-19-37-16-14-22(15-17-37)32-23-12-13-25-24(20-23)29(31(38)35-25)28(21-8-4-3-5-9-21)30-33-26-10-6-7-11-27(26)34-30/h3-13,20,22,32,35,38H,14-19H2,1-2H3. The zero-order valence-electron chi connectivity index (χ0n) is 22.0. The second-order valence-electron chi connectivity index (χ2n) is 10.4. The normalized spacial score (nSPS) is 15.9. The minimum absolute atomic E-state index is 0.124. The summed E-state index contributed by atoms with van der Waals surface area (Å²) in [6, 6.07) is 24.7. The van der Waals surface area contributed by atoms with Crippen molar-refractivity contribution in [3.05, 3.63) is 100 Å². The molecule has 0 bridgehead atoms. The fraction of sp³-hybridized carbons (Fsp3) is 0.290. The summed E-state index contributed by atoms with van der Waals surface area (Å²) in [6.07, 6.45) is 2.23. The number of aromatic amines is 1. The summed E-state index contributed by atoms with van der Waals surface area (Å²) < 4.78 is 0. The third-order valence-electron chi connectivity index (χ3n) is 7.47. The lowest BCUT2D eigenvalue weighted by atomic mass is 9.96. The fourth-order valence-corrected chi connectivity index (χ4v) is 5.41. The van der Waals surface area contributed by atoms with Crippen molar-refractivity contribution in [2.45, 2.75) is 18.9 Å². The van der Waals surface area contributed by atoms with Gasteiger partial charge in [0.15, 0.2) is 11.7 Å². The highest BCUT2D eigenvalue weighted by molar-refractivity contribution is 6.01. The molecule has 3 heterocycles. The quantitative estimate of drug-likeness (QED) is 0.354. The number of anilines is 1. The first-order chi connectivity index (χ1) is 18.5. The molecular formula is C31H34N6O. The Balaban J connectivity index is 1.35. The third kappa shape index (κ3) is 4.95. The number of likely N-dealkylation sites (tertiary alicyclic amines) is 1. The van der Waals surface area contributed by atoms with Crippen LogP contribution in [0.25, 0.3) is 16.5 Å². The largest absolute Gasteiger partial charge is 0.494 e. The van der Waals surface area contributed by atoms with Gasteiger partial charge < -0.3 is 25.2 Å². The maximum Gasteiger partial charge on any atom is 0.197 e. The number of nitrogens with one attached hydrogen (secondary N) is 2. The van der Waals surface area contributed by atoms with Crippen LogP contribution in [-0.2, 0) is 0 Å². The van der Waals surface area contributed by atoms with Crippen LogP contribution in [0.2, 0.25) is 0 Å². The molecule has 0 spiro atoms. The molecule has 0 unspecified atom stereocenters. The maximum absolute atomic E-state index is 11.2. The maximum atomic E-state index is 11.2. The highest BCUT2D eigenvalue weighted by Crippen LogP contribution is 2.40. The topological polar surface area (TPSA) is 79.2 Å². The van der Waals surface area contributed by atoms with E-state index in [1.807, 2.05) is 60.7 Å². The number of nitrogens with zero attached hydrogens (tertiary/aromatic N) is 4. The molecule has 0 saturated carbocycles. The summed E-state index contributed by atoms with van der Waals surface area (Å²) in [5.41, 5.74) is 4.44. The van der Waals surface area contributed by atoms with Crippen molar-refractivity contribution in [1.82, 2.24) is 14.8 Å². The van der Waals surface area contributed by atoms with Crippen molar-refractivity contribution >= 4 is 22.2 Å². The van der Waals surface area contributed by atoms with E-state index in [-0.39, 0.29) is 5.88 Å². The summed E-state index contributed by atoms with van der Waals surface area (Å²) in [6.45, 7) is 4.43. The fourth-order valence-electron chi connectivity index (χ4n) is 5.41. The molecule has 0 amide bonds. The van der Waals surface area contributed by atoms with Crippen LogP contribution in [0.1, 0.15) is 24.0 Å².